The molecule has 0 saturated carbocycles. The summed E-state index contributed by atoms with van der Waals surface area (Å²) in [5, 5.41) is 3.51. The molecule has 0 fully saturated rings. The fourth-order valence-electron chi connectivity index (χ4n) is 2.22. The van der Waals surface area contributed by atoms with Crippen molar-refractivity contribution in [2.45, 2.75) is 33.2 Å². The van der Waals surface area contributed by atoms with Gasteiger partial charge in [0.15, 0.2) is 0 Å². The second kappa shape index (κ2) is 6.99. The van der Waals surface area contributed by atoms with Crippen molar-refractivity contribution in [3.63, 3.8) is 0 Å². The smallest absolute Gasteiger partial charge is 0.121 e. The molecule has 20 heavy (non-hydrogen) atoms. The van der Waals surface area contributed by atoms with Crippen LogP contribution in [0.2, 0.25) is 0 Å². The number of benzene rings is 2. The number of ether oxygens (including phenoxy) is 1. The zero-order valence-corrected chi connectivity index (χ0v) is 12.5. The Hall–Kier alpha value is -1.96. The second-order valence-corrected chi connectivity index (χ2v) is 4.92. The predicted octanol–water partition coefficient (Wildman–Crippen LogP) is 4.82. The first kappa shape index (κ1) is 14.4. The molecule has 1 N–H and O–H groups in total. The molecular weight excluding hydrogens is 246 g/mol. The quantitative estimate of drug-likeness (QED) is 0.811. The summed E-state index contributed by atoms with van der Waals surface area (Å²) in [5.74, 6) is 0.908. The normalized spacial score (nSPS) is 11.9. The summed E-state index contributed by atoms with van der Waals surface area (Å²) in [6.07, 6.45) is 1.08. The number of anilines is 1. The molecule has 0 radical (unpaired) electrons. The zero-order valence-electron chi connectivity index (χ0n) is 12.5. The van der Waals surface area contributed by atoms with Crippen LogP contribution in [0.25, 0.3) is 0 Å². The lowest BCUT2D eigenvalue weighted by Gasteiger charge is -2.17. The Labute approximate surface area is 121 Å². The fourth-order valence-corrected chi connectivity index (χ4v) is 2.22. The van der Waals surface area contributed by atoms with Crippen LogP contribution in [-0.2, 0) is 6.42 Å². The van der Waals surface area contributed by atoms with Crippen LogP contribution >= 0.6 is 0 Å². The molecule has 0 spiro atoms. The number of hydrogen-bond acceptors (Lipinski definition) is 2. The Morgan fingerprint density at radius 1 is 1.05 bits per heavy atom. The summed E-state index contributed by atoms with van der Waals surface area (Å²) in [4.78, 5) is 0. The maximum atomic E-state index is 5.52. The standard InChI is InChI=1S/C18H23NO/c1-4-15-9-11-16(12-10-15)14(3)19-17-7-6-8-18(13-17)20-5-2/h6-14,19H,4-5H2,1-3H3. The van der Waals surface area contributed by atoms with Gasteiger partial charge in [-0.25, -0.2) is 0 Å². The predicted molar refractivity (Wildman–Crippen MR) is 85.5 cm³/mol. The molecule has 2 nitrogen and oxygen atoms in total. The van der Waals surface area contributed by atoms with Crippen molar-refractivity contribution in [2.24, 2.45) is 0 Å². The third kappa shape index (κ3) is 3.77. The van der Waals surface area contributed by atoms with E-state index in [0.29, 0.717) is 6.61 Å². The first-order chi connectivity index (χ1) is 9.72. The van der Waals surface area contributed by atoms with E-state index in [9.17, 15) is 0 Å². The van der Waals surface area contributed by atoms with Crippen LogP contribution in [0, 0.1) is 0 Å². The average molecular weight is 269 g/mol. The molecule has 0 aliphatic heterocycles. The molecule has 0 heterocycles. The average Bonchev–Trinajstić information content (AvgIpc) is 2.48. The van der Waals surface area contributed by atoms with Crippen LogP contribution in [-0.4, -0.2) is 6.61 Å². The zero-order chi connectivity index (χ0) is 14.4. The molecule has 0 saturated heterocycles. The number of rotatable bonds is 6. The lowest BCUT2D eigenvalue weighted by molar-refractivity contribution is 0.340. The van der Waals surface area contributed by atoms with Gasteiger partial charge >= 0.3 is 0 Å². The van der Waals surface area contributed by atoms with Gasteiger partial charge in [0.05, 0.1) is 6.61 Å². The van der Waals surface area contributed by atoms with E-state index in [1.54, 1.807) is 0 Å². The molecule has 106 valence electrons. The van der Waals surface area contributed by atoms with Crippen LogP contribution in [0.5, 0.6) is 5.75 Å². The summed E-state index contributed by atoms with van der Waals surface area (Å²) in [6, 6.07) is 17.2. The lowest BCUT2D eigenvalue weighted by Crippen LogP contribution is -2.06. The third-order valence-corrected chi connectivity index (χ3v) is 3.42. The molecule has 2 rings (SSSR count). The van der Waals surface area contributed by atoms with Gasteiger partial charge in [-0.3, -0.25) is 0 Å². The molecule has 2 aromatic carbocycles. The minimum atomic E-state index is 0.276. The van der Waals surface area contributed by atoms with Gasteiger partial charge in [-0.2, -0.15) is 0 Å². The van der Waals surface area contributed by atoms with Gasteiger partial charge in [-0.1, -0.05) is 37.3 Å². The van der Waals surface area contributed by atoms with E-state index in [1.807, 2.05) is 25.1 Å². The lowest BCUT2D eigenvalue weighted by atomic mass is 10.0. The number of hydrogen-bond donors (Lipinski definition) is 1. The van der Waals surface area contributed by atoms with Crippen molar-refractivity contribution in [1.29, 1.82) is 0 Å². The summed E-state index contributed by atoms with van der Waals surface area (Å²) in [7, 11) is 0. The van der Waals surface area contributed by atoms with Crippen LogP contribution in [0.4, 0.5) is 5.69 Å². The molecule has 0 aromatic heterocycles. The van der Waals surface area contributed by atoms with Gasteiger partial charge in [0, 0.05) is 17.8 Å². The Bertz CT molecular complexity index is 533. The third-order valence-electron chi connectivity index (χ3n) is 3.42. The minimum Gasteiger partial charge on any atom is -0.494 e. The van der Waals surface area contributed by atoms with Gasteiger partial charge in [-0.05, 0) is 43.5 Å². The highest BCUT2D eigenvalue weighted by Crippen LogP contribution is 2.23. The second-order valence-electron chi connectivity index (χ2n) is 4.92. The Kier molecular flexibility index (Phi) is 5.05. The highest BCUT2D eigenvalue weighted by atomic mass is 16.5. The van der Waals surface area contributed by atoms with Crippen molar-refractivity contribution in [3.05, 3.63) is 59.7 Å². The van der Waals surface area contributed by atoms with Gasteiger partial charge in [0.25, 0.3) is 0 Å². The van der Waals surface area contributed by atoms with E-state index < -0.39 is 0 Å². The van der Waals surface area contributed by atoms with Crippen LogP contribution < -0.4 is 10.1 Å². The summed E-state index contributed by atoms with van der Waals surface area (Å²) >= 11 is 0. The highest BCUT2D eigenvalue weighted by molar-refractivity contribution is 5.49. The van der Waals surface area contributed by atoms with Crippen molar-refractivity contribution in [3.8, 4) is 5.75 Å². The van der Waals surface area contributed by atoms with Gasteiger partial charge in [-0.15, -0.1) is 0 Å². The minimum absolute atomic E-state index is 0.276. The largest absolute Gasteiger partial charge is 0.494 e. The summed E-state index contributed by atoms with van der Waals surface area (Å²) < 4.78 is 5.52. The van der Waals surface area contributed by atoms with E-state index >= 15 is 0 Å². The topological polar surface area (TPSA) is 21.3 Å². The van der Waals surface area contributed by atoms with Crippen LogP contribution in [0.1, 0.15) is 37.9 Å². The van der Waals surface area contributed by atoms with Crippen LogP contribution in [0.3, 0.4) is 0 Å². The van der Waals surface area contributed by atoms with Gasteiger partial charge < -0.3 is 10.1 Å². The SMILES string of the molecule is CCOc1cccc(NC(C)c2ccc(CC)cc2)c1. The number of nitrogens with one attached hydrogen (secondary N) is 1. The molecular formula is C18H23NO. The van der Waals surface area contributed by atoms with Gasteiger partial charge in [0.2, 0.25) is 0 Å². The van der Waals surface area contributed by atoms with Crippen molar-refractivity contribution < 1.29 is 4.74 Å². The molecule has 0 aliphatic carbocycles. The molecule has 0 amide bonds. The maximum Gasteiger partial charge on any atom is 0.121 e. The fraction of sp³-hybridized carbons (Fsp3) is 0.333. The summed E-state index contributed by atoms with van der Waals surface area (Å²) in [5.41, 5.74) is 3.76. The van der Waals surface area contributed by atoms with E-state index in [-0.39, 0.29) is 6.04 Å². The van der Waals surface area contributed by atoms with Crippen molar-refractivity contribution in [2.75, 3.05) is 11.9 Å². The van der Waals surface area contributed by atoms with Crippen molar-refractivity contribution >= 4 is 5.69 Å². The molecule has 2 aromatic rings. The van der Waals surface area contributed by atoms with E-state index in [0.717, 1.165) is 17.9 Å². The van der Waals surface area contributed by atoms with Gasteiger partial charge in [0.1, 0.15) is 5.75 Å². The maximum absolute atomic E-state index is 5.52. The monoisotopic (exact) mass is 269 g/mol. The first-order valence-electron chi connectivity index (χ1n) is 7.31. The molecule has 1 atom stereocenters. The Morgan fingerprint density at radius 3 is 2.45 bits per heavy atom. The summed E-state index contributed by atoms with van der Waals surface area (Å²) in [6.45, 7) is 7.04. The molecule has 2 heteroatoms. The van der Waals surface area contributed by atoms with E-state index in [4.69, 9.17) is 4.74 Å². The van der Waals surface area contributed by atoms with Crippen LogP contribution in [0.15, 0.2) is 48.5 Å². The first-order valence-corrected chi connectivity index (χ1v) is 7.31. The van der Waals surface area contributed by atoms with E-state index in [1.165, 1.54) is 11.1 Å². The Morgan fingerprint density at radius 2 is 1.80 bits per heavy atom. The van der Waals surface area contributed by atoms with E-state index in [2.05, 4.69) is 49.5 Å². The molecule has 1 unspecified atom stereocenters. The molecule has 0 aliphatic rings. The number of aryl methyl sites for hydroxylation is 1. The Balaban J connectivity index is 2.06. The molecule has 0 bridgehead atoms. The van der Waals surface area contributed by atoms with Crippen molar-refractivity contribution in [1.82, 2.24) is 0 Å². The highest BCUT2D eigenvalue weighted by Gasteiger charge is 2.05.